The second kappa shape index (κ2) is 9.43. The molecule has 37 heavy (non-hydrogen) atoms. The summed E-state index contributed by atoms with van der Waals surface area (Å²) in [5.41, 5.74) is 2.06. The quantitative estimate of drug-likeness (QED) is 0.135. The highest BCUT2D eigenvalue weighted by Crippen LogP contribution is 2.44. The van der Waals surface area contributed by atoms with Crippen molar-refractivity contribution in [3.63, 3.8) is 0 Å². The number of pyridine rings is 2. The van der Waals surface area contributed by atoms with Crippen LogP contribution in [-0.2, 0) is 14.3 Å². The van der Waals surface area contributed by atoms with Gasteiger partial charge in [0.15, 0.2) is 10.9 Å². The van der Waals surface area contributed by atoms with Gasteiger partial charge in [0, 0.05) is 18.6 Å². The number of Topliss-reactive ketones (excluding diaryl/α,β-unsaturated/α-hetero) is 1. The van der Waals surface area contributed by atoms with Crippen molar-refractivity contribution in [1.29, 1.82) is 0 Å². The summed E-state index contributed by atoms with van der Waals surface area (Å²) >= 11 is 0.927. The van der Waals surface area contributed by atoms with Crippen LogP contribution in [0.3, 0.4) is 0 Å². The number of carbonyl (C=O) groups is 3. The lowest BCUT2D eigenvalue weighted by atomic mass is 9.97. The number of aliphatic hydroxyl groups excluding tert-OH is 1. The van der Waals surface area contributed by atoms with E-state index in [0.717, 1.165) is 11.3 Å². The zero-order valence-corrected chi connectivity index (χ0v) is 20.7. The number of ether oxygens (including phenoxy) is 1. The van der Waals surface area contributed by atoms with Crippen molar-refractivity contribution in [3.05, 3.63) is 94.7 Å². The van der Waals surface area contributed by atoms with Crippen LogP contribution < -0.4 is 4.90 Å². The number of aryl methyl sites for hydroxylation is 2. The second-order valence-electron chi connectivity index (χ2n) is 8.23. The second-order valence-corrected chi connectivity index (χ2v) is 9.21. The highest BCUT2D eigenvalue weighted by Gasteiger charge is 2.49. The van der Waals surface area contributed by atoms with Crippen LogP contribution in [0.5, 0.6) is 0 Å². The maximum absolute atomic E-state index is 13.4. The Bertz CT molecular complexity index is 1600. The fourth-order valence-corrected chi connectivity index (χ4v) is 5.27. The van der Waals surface area contributed by atoms with E-state index in [2.05, 4.69) is 21.5 Å². The molecule has 1 aliphatic rings. The lowest BCUT2D eigenvalue weighted by molar-refractivity contribution is -0.132. The number of carbonyl (C=O) groups excluding carboxylic acids is 3. The Hall–Kier alpha value is -4.64. The van der Waals surface area contributed by atoms with Gasteiger partial charge >= 0.3 is 11.9 Å². The molecule has 5 rings (SSSR count). The number of anilines is 1. The Labute approximate surface area is 215 Å². The number of hydrogen-bond donors (Lipinski definition) is 1. The maximum Gasteiger partial charge on any atom is 0.350 e. The van der Waals surface area contributed by atoms with Gasteiger partial charge in [-0.25, -0.2) is 14.8 Å². The van der Waals surface area contributed by atoms with Crippen molar-refractivity contribution in [2.75, 3.05) is 11.5 Å². The average Bonchev–Trinajstić information content (AvgIpc) is 3.53. The Balaban J connectivity index is 1.70. The molecular weight excluding hydrogens is 494 g/mol. The van der Waals surface area contributed by atoms with E-state index >= 15 is 0 Å². The number of aromatic nitrogens is 4. The molecule has 0 bridgehead atoms. The number of aliphatic hydroxyl groups is 1. The van der Waals surface area contributed by atoms with Gasteiger partial charge in [-0.05, 0) is 37.6 Å². The Morgan fingerprint density at radius 3 is 2.73 bits per heavy atom. The lowest BCUT2D eigenvalue weighted by Crippen LogP contribution is -2.29. The molecule has 0 radical (unpaired) electrons. The average molecular weight is 516 g/mol. The largest absolute Gasteiger partial charge is 0.505 e. The normalized spacial score (nSPS) is 16.9. The van der Waals surface area contributed by atoms with Crippen molar-refractivity contribution in [2.24, 2.45) is 0 Å². The fraction of sp³-hybridized carbons (Fsp3) is 0.154. The molecule has 1 saturated heterocycles. The number of imidazole rings is 1. The molecule has 0 saturated carbocycles. The van der Waals surface area contributed by atoms with Gasteiger partial charge in [0.2, 0.25) is 0 Å². The van der Waals surface area contributed by atoms with Gasteiger partial charge in [0.05, 0.1) is 23.0 Å². The van der Waals surface area contributed by atoms with Crippen LogP contribution in [0, 0.1) is 13.8 Å². The lowest BCUT2D eigenvalue weighted by Gasteiger charge is -2.22. The number of fused-ring (bicyclic) bond motifs is 1. The number of hydrogen-bond acceptors (Lipinski definition) is 9. The topological polar surface area (TPSA) is 127 Å². The molecule has 4 aromatic heterocycles. The van der Waals surface area contributed by atoms with Gasteiger partial charge in [0.1, 0.15) is 22.8 Å². The van der Waals surface area contributed by atoms with Gasteiger partial charge in [0.25, 0.3) is 5.78 Å². The van der Waals surface area contributed by atoms with Gasteiger partial charge in [-0.1, -0.05) is 36.1 Å². The predicted octanol–water partition coefficient (Wildman–Crippen LogP) is 3.77. The van der Waals surface area contributed by atoms with E-state index in [4.69, 9.17) is 4.74 Å². The number of esters is 1. The van der Waals surface area contributed by atoms with E-state index in [0.29, 0.717) is 28.3 Å². The number of amides is 1. The summed E-state index contributed by atoms with van der Waals surface area (Å²) in [5, 5.41) is 11.6. The molecule has 1 fully saturated rings. The van der Waals surface area contributed by atoms with E-state index in [1.165, 1.54) is 17.2 Å². The maximum atomic E-state index is 13.4. The number of nitrogens with zero attached hydrogens (tertiary/aromatic N) is 5. The summed E-state index contributed by atoms with van der Waals surface area (Å²) < 4.78 is 6.78. The Kier molecular flexibility index (Phi) is 6.14. The van der Waals surface area contributed by atoms with Crippen LogP contribution in [0.1, 0.15) is 38.4 Å². The third-order valence-electron chi connectivity index (χ3n) is 5.88. The van der Waals surface area contributed by atoms with Gasteiger partial charge < -0.3 is 9.84 Å². The summed E-state index contributed by atoms with van der Waals surface area (Å²) in [7, 11) is 0. The molecule has 1 unspecified atom stereocenters. The molecular formula is C26H21N5O5S. The van der Waals surface area contributed by atoms with Crippen molar-refractivity contribution in [2.45, 2.75) is 19.9 Å². The zero-order valence-electron chi connectivity index (χ0n) is 19.9. The summed E-state index contributed by atoms with van der Waals surface area (Å²) in [6, 6.07) is 7.68. The summed E-state index contributed by atoms with van der Waals surface area (Å²) in [6.45, 7) is 6.87. The molecule has 186 valence electrons. The summed E-state index contributed by atoms with van der Waals surface area (Å²) in [6.07, 6.45) is 6.23. The summed E-state index contributed by atoms with van der Waals surface area (Å²) in [4.78, 5) is 53.7. The molecule has 1 aliphatic heterocycles. The van der Waals surface area contributed by atoms with E-state index in [1.54, 1.807) is 54.9 Å². The highest BCUT2D eigenvalue weighted by atomic mass is 32.1. The molecule has 11 heteroatoms. The molecule has 1 atom stereocenters. The first-order valence-electron chi connectivity index (χ1n) is 11.2. The number of rotatable bonds is 6. The standard InChI is InChI=1S/C26H21N5O5S/c1-4-12-36-25(35)23-15(3)29-26(37-23)31-20(16-8-7-10-27-13-16)18(22(33)24(31)34)21(32)19-14(2)28-17-9-5-6-11-30(17)19/h4-11,13,20,32H,1,12H2,2-3H3/b21-18+. The van der Waals surface area contributed by atoms with Crippen LogP contribution in [0.4, 0.5) is 5.13 Å². The summed E-state index contributed by atoms with van der Waals surface area (Å²) in [5.74, 6) is -2.76. The smallest absolute Gasteiger partial charge is 0.350 e. The highest BCUT2D eigenvalue weighted by molar-refractivity contribution is 7.17. The molecule has 4 aromatic rings. The van der Waals surface area contributed by atoms with Gasteiger partial charge in [-0.15, -0.1) is 0 Å². The van der Waals surface area contributed by atoms with Crippen LogP contribution in [0.15, 0.2) is 67.2 Å². The van der Waals surface area contributed by atoms with Crippen molar-refractivity contribution in [1.82, 2.24) is 19.4 Å². The molecule has 5 heterocycles. The molecule has 10 nitrogen and oxygen atoms in total. The molecule has 1 N–H and O–H groups in total. The predicted molar refractivity (Wildman–Crippen MR) is 136 cm³/mol. The van der Waals surface area contributed by atoms with Crippen LogP contribution in [-0.4, -0.2) is 48.7 Å². The van der Waals surface area contributed by atoms with E-state index < -0.39 is 23.7 Å². The third-order valence-corrected chi connectivity index (χ3v) is 7.02. The van der Waals surface area contributed by atoms with E-state index in [-0.39, 0.29) is 27.9 Å². The van der Waals surface area contributed by atoms with Crippen molar-refractivity contribution < 1.29 is 24.2 Å². The first-order valence-corrected chi connectivity index (χ1v) is 12.1. The number of ketones is 1. The molecule has 0 aromatic carbocycles. The molecule has 0 aliphatic carbocycles. The van der Waals surface area contributed by atoms with E-state index in [1.807, 2.05) is 6.07 Å². The SMILES string of the molecule is C=CCOC(=O)c1sc(N2C(=O)C(=O)/C(=C(/O)c3c(C)nc4ccccn34)C2c2cccnc2)nc1C. The van der Waals surface area contributed by atoms with Gasteiger partial charge in [-0.2, -0.15) is 0 Å². The number of thiazole rings is 1. The van der Waals surface area contributed by atoms with Gasteiger partial charge in [-0.3, -0.25) is 23.9 Å². The first kappa shape index (κ1) is 24.1. The van der Waals surface area contributed by atoms with Crippen molar-refractivity contribution >= 4 is 45.5 Å². The first-order chi connectivity index (χ1) is 17.8. The van der Waals surface area contributed by atoms with Crippen molar-refractivity contribution in [3.8, 4) is 0 Å². The molecule has 1 amide bonds. The minimum atomic E-state index is -1.04. The third kappa shape index (κ3) is 3.99. The minimum absolute atomic E-state index is 0.0182. The minimum Gasteiger partial charge on any atom is -0.505 e. The van der Waals surface area contributed by atoms with Crippen LogP contribution in [0.25, 0.3) is 11.4 Å². The fourth-order valence-electron chi connectivity index (χ4n) is 4.28. The molecule has 0 spiro atoms. The Morgan fingerprint density at radius 2 is 2.00 bits per heavy atom. The van der Waals surface area contributed by atoms with E-state index in [9.17, 15) is 19.5 Å². The van der Waals surface area contributed by atoms with Crippen LogP contribution in [0.2, 0.25) is 0 Å². The zero-order chi connectivity index (χ0) is 26.3. The Morgan fingerprint density at radius 1 is 1.19 bits per heavy atom. The monoisotopic (exact) mass is 515 g/mol. The van der Waals surface area contributed by atoms with Crippen LogP contribution >= 0.6 is 11.3 Å².